The number of nitrogens with one attached hydrogen (secondary N) is 1. The van der Waals surface area contributed by atoms with Crippen LogP contribution in [0.15, 0.2) is 48.5 Å². The Labute approximate surface area is 136 Å². The van der Waals surface area contributed by atoms with Gasteiger partial charge < -0.3 is 10.1 Å². The van der Waals surface area contributed by atoms with Gasteiger partial charge in [-0.05, 0) is 47.9 Å². The molecule has 116 valence electrons. The highest BCUT2D eigenvalue weighted by atomic mass is 35.5. The van der Waals surface area contributed by atoms with Crippen LogP contribution >= 0.6 is 11.6 Å². The molecular formula is C18H20ClNO2. The van der Waals surface area contributed by atoms with E-state index in [-0.39, 0.29) is 17.9 Å². The predicted octanol–water partition coefficient (Wildman–Crippen LogP) is 4.48. The zero-order chi connectivity index (χ0) is 16.1. The molecule has 2 aromatic rings. The summed E-state index contributed by atoms with van der Waals surface area (Å²) < 4.78 is 5.17. The zero-order valence-corrected chi connectivity index (χ0v) is 13.7. The summed E-state index contributed by atoms with van der Waals surface area (Å²) in [6.45, 7) is 4.16. The van der Waals surface area contributed by atoms with Crippen molar-refractivity contribution in [3.63, 3.8) is 0 Å². The smallest absolute Gasteiger partial charge is 0.251 e. The third-order valence-electron chi connectivity index (χ3n) is 3.53. The number of carbonyl (C=O) groups excluding carboxylic acids is 1. The van der Waals surface area contributed by atoms with Gasteiger partial charge in [-0.2, -0.15) is 0 Å². The van der Waals surface area contributed by atoms with E-state index in [9.17, 15) is 4.79 Å². The maximum Gasteiger partial charge on any atom is 0.251 e. The van der Waals surface area contributed by atoms with Crippen molar-refractivity contribution in [3.05, 3.63) is 64.7 Å². The van der Waals surface area contributed by atoms with Crippen molar-refractivity contribution in [1.29, 1.82) is 0 Å². The Balaban J connectivity index is 2.17. The molecule has 0 fully saturated rings. The largest absolute Gasteiger partial charge is 0.497 e. The average molecular weight is 318 g/mol. The van der Waals surface area contributed by atoms with Gasteiger partial charge in [0.1, 0.15) is 5.75 Å². The summed E-state index contributed by atoms with van der Waals surface area (Å²) in [5.74, 6) is 0.964. The molecule has 0 bridgehead atoms. The average Bonchev–Trinajstić information content (AvgIpc) is 2.53. The molecule has 3 nitrogen and oxygen atoms in total. The Hall–Kier alpha value is -2.00. The fourth-order valence-electron chi connectivity index (χ4n) is 2.27. The van der Waals surface area contributed by atoms with Gasteiger partial charge in [-0.25, -0.2) is 0 Å². The molecular weight excluding hydrogens is 298 g/mol. The van der Waals surface area contributed by atoms with E-state index in [1.165, 1.54) is 0 Å². The molecule has 0 radical (unpaired) electrons. The van der Waals surface area contributed by atoms with Crippen molar-refractivity contribution in [2.75, 3.05) is 7.11 Å². The van der Waals surface area contributed by atoms with Gasteiger partial charge in [0.05, 0.1) is 13.2 Å². The molecule has 1 amide bonds. The molecule has 0 saturated carbocycles. The summed E-state index contributed by atoms with van der Waals surface area (Å²) in [6, 6.07) is 14.6. The Morgan fingerprint density at radius 1 is 1.05 bits per heavy atom. The molecule has 0 heterocycles. The lowest BCUT2D eigenvalue weighted by Crippen LogP contribution is -2.31. The van der Waals surface area contributed by atoms with Crippen LogP contribution in [-0.2, 0) is 0 Å². The molecule has 1 N–H and O–H groups in total. The summed E-state index contributed by atoms with van der Waals surface area (Å²) >= 11 is 5.85. The number of rotatable bonds is 5. The molecule has 2 aromatic carbocycles. The maximum absolute atomic E-state index is 12.4. The van der Waals surface area contributed by atoms with Gasteiger partial charge in [0, 0.05) is 10.6 Å². The first kappa shape index (κ1) is 16.4. The quantitative estimate of drug-likeness (QED) is 0.883. The SMILES string of the molecule is COc1ccc(C(NC(=O)c2ccc(Cl)cc2)C(C)C)cc1. The summed E-state index contributed by atoms with van der Waals surface area (Å²) in [5, 5.41) is 3.70. The predicted molar refractivity (Wildman–Crippen MR) is 89.5 cm³/mol. The van der Waals surface area contributed by atoms with E-state index in [4.69, 9.17) is 16.3 Å². The molecule has 0 saturated heterocycles. The third kappa shape index (κ3) is 4.01. The lowest BCUT2D eigenvalue weighted by Gasteiger charge is -2.23. The number of hydrogen-bond donors (Lipinski definition) is 1. The van der Waals surface area contributed by atoms with Crippen LogP contribution in [0, 0.1) is 5.92 Å². The Bertz CT molecular complexity index is 621. The van der Waals surface area contributed by atoms with Gasteiger partial charge in [0.2, 0.25) is 0 Å². The summed E-state index contributed by atoms with van der Waals surface area (Å²) in [6.07, 6.45) is 0. The second-order valence-electron chi connectivity index (χ2n) is 5.48. The van der Waals surface area contributed by atoms with Crippen LogP contribution in [0.4, 0.5) is 0 Å². The first-order chi connectivity index (χ1) is 10.5. The van der Waals surface area contributed by atoms with Crippen LogP contribution in [0.5, 0.6) is 5.75 Å². The third-order valence-corrected chi connectivity index (χ3v) is 3.79. The monoisotopic (exact) mass is 317 g/mol. The molecule has 4 heteroatoms. The molecule has 0 aromatic heterocycles. The van der Waals surface area contributed by atoms with E-state index in [1.807, 2.05) is 24.3 Å². The number of hydrogen-bond acceptors (Lipinski definition) is 2. The van der Waals surface area contributed by atoms with Crippen molar-refractivity contribution in [1.82, 2.24) is 5.32 Å². The van der Waals surface area contributed by atoms with Gasteiger partial charge in [-0.15, -0.1) is 0 Å². The van der Waals surface area contributed by atoms with Gasteiger partial charge in [-0.1, -0.05) is 37.6 Å². The van der Waals surface area contributed by atoms with Crippen molar-refractivity contribution in [2.24, 2.45) is 5.92 Å². The van der Waals surface area contributed by atoms with E-state index < -0.39 is 0 Å². The zero-order valence-electron chi connectivity index (χ0n) is 13.0. The van der Waals surface area contributed by atoms with Crippen LogP contribution in [-0.4, -0.2) is 13.0 Å². The lowest BCUT2D eigenvalue weighted by atomic mass is 9.95. The minimum Gasteiger partial charge on any atom is -0.497 e. The van der Waals surface area contributed by atoms with Crippen LogP contribution in [0.2, 0.25) is 5.02 Å². The van der Waals surface area contributed by atoms with E-state index in [0.717, 1.165) is 11.3 Å². The highest BCUT2D eigenvalue weighted by Crippen LogP contribution is 2.24. The number of methoxy groups -OCH3 is 1. The van der Waals surface area contributed by atoms with Gasteiger partial charge in [-0.3, -0.25) is 4.79 Å². The Morgan fingerprint density at radius 3 is 2.14 bits per heavy atom. The number of halogens is 1. The molecule has 0 aliphatic rings. The fourth-order valence-corrected chi connectivity index (χ4v) is 2.40. The van der Waals surface area contributed by atoms with E-state index in [0.29, 0.717) is 10.6 Å². The topological polar surface area (TPSA) is 38.3 Å². The van der Waals surface area contributed by atoms with E-state index >= 15 is 0 Å². The molecule has 1 atom stereocenters. The van der Waals surface area contributed by atoms with Crippen LogP contribution in [0.3, 0.4) is 0 Å². The first-order valence-electron chi connectivity index (χ1n) is 7.21. The van der Waals surface area contributed by atoms with Crippen molar-refractivity contribution < 1.29 is 9.53 Å². The van der Waals surface area contributed by atoms with Crippen LogP contribution < -0.4 is 10.1 Å². The fraction of sp³-hybridized carbons (Fsp3) is 0.278. The highest BCUT2D eigenvalue weighted by molar-refractivity contribution is 6.30. The van der Waals surface area contributed by atoms with Crippen molar-refractivity contribution in [3.8, 4) is 5.75 Å². The van der Waals surface area contributed by atoms with Crippen LogP contribution in [0.25, 0.3) is 0 Å². The van der Waals surface area contributed by atoms with Crippen molar-refractivity contribution >= 4 is 17.5 Å². The minimum atomic E-state index is -0.105. The normalized spacial score (nSPS) is 12.0. The summed E-state index contributed by atoms with van der Waals surface area (Å²) in [7, 11) is 1.64. The van der Waals surface area contributed by atoms with E-state index in [1.54, 1.807) is 31.4 Å². The van der Waals surface area contributed by atoms with Crippen LogP contribution in [0.1, 0.15) is 35.8 Å². The van der Waals surface area contributed by atoms with Gasteiger partial charge >= 0.3 is 0 Å². The van der Waals surface area contributed by atoms with E-state index in [2.05, 4.69) is 19.2 Å². The number of carbonyl (C=O) groups is 1. The summed E-state index contributed by atoms with van der Waals surface area (Å²) in [4.78, 5) is 12.4. The molecule has 0 aliphatic heterocycles. The molecule has 1 unspecified atom stereocenters. The second kappa shape index (κ2) is 7.32. The number of ether oxygens (including phenoxy) is 1. The van der Waals surface area contributed by atoms with Gasteiger partial charge in [0.15, 0.2) is 0 Å². The molecule has 0 aliphatic carbocycles. The Kier molecular flexibility index (Phi) is 5.45. The number of amides is 1. The van der Waals surface area contributed by atoms with Crippen molar-refractivity contribution in [2.45, 2.75) is 19.9 Å². The lowest BCUT2D eigenvalue weighted by molar-refractivity contribution is 0.0925. The maximum atomic E-state index is 12.4. The highest BCUT2D eigenvalue weighted by Gasteiger charge is 2.19. The first-order valence-corrected chi connectivity index (χ1v) is 7.59. The second-order valence-corrected chi connectivity index (χ2v) is 5.91. The van der Waals surface area contributed by atoms with Gasteiger partial charge in [0.25, 0.3) is 5.91 Å². The standard InChI is InChI=1S/C18H20ClNO2/c1-12(2)17(13-6-10-16(22-3)11-7-13)20-18(21)14-4-8-15(19)9-5-14/h4-12,17H,1-3H3,(H,20,21). The molecule has 0 spiro atoms. The Morgan fingerprint density at radius 2 is 1.64 bits per heavy atom. The number of benzene rings is 2. The molecule has 2 rings (SSSR count). The minimum absolute atomic E-state index is 0.0610. The summed E-state index contributed by atoms with van der Waals surface area (Å²) in [5.41, 5.74) is 1.65. The molecule has 22 heavy (non-hydrogen) atoms.